The summed E-state index contributed by atoms with van der Waals surface area (Å²) in [6.45, 7) is 10.0. The number of anilines is 2. The highest BCUT2D eigenvalue weighted by Crippen LogP contribution is 2.26. The lowest BCUT2D eigenvalue weighted by Gasteiger charge is -2.20. The van der Waals surface area contributed by atoms with E-state index in [1.54, 1.807) is 6.20 Å². The summed E-state index contributed by atoms with van der Waals surface area (Å²) < 4.78 is 0. The fourth-order valence-electron chi connectivity index (χ4n) is 3.01. The Labute approximate surface area is 158 Å². The molecule has 0 aromatic carbocycles. The number of rotatable bonds is 5. The molecular weight excluding hydrogens is 352 g/mol. The third-order valence-corrected chi connectivity index (χ3v) is 4.89. The van der Waals surface area contributed by atoms with E-state index in [9.17, 15) is 4.79 Å². The zero-order valence-corrected chi connectivity index (χ0v) is 16.3. The van der Waals surface area contributed by atoms with Crippen LogP contribution in [0.1, 0.15) is 57.5 Å². The first-order chi connectivity index (χ1) is 12.3. The van der Waals surface area contributed by atoms with Crippen LogP contribution in [0.4, 0.5) is 11.5 Å². The molecular formula is C18H25ClN6O. The van der Waals surface area contributed by atoms with Crippen LogP contribution < -0.4 is 15.8 Å². The van der Waals surface area contributed by atoms with Crippen molar-refractivity contribution in [3.8, 4) is 0 Å². The minimum Gasteiger partial charge on any atom is -0.367 e. The molecule has 2 aromatic heterocycles. The molecule has 3 rings (SSSR count). The Kier molecular flexibility index (Phi) is 5.46. The second-order valence-electron chi connectivity index (χ2n) is 7.32. The van der Waals surface area contributed by atoms with E-state index in [0.717, 1.165) is 36.8 Å². The van der Waals surface area contributed by atoms with Gasteiger partial charge in [-0.15, -0.1) is 0 Å². The number of nitrogens with one attached hydrogen (secondary N) is 2. The third-order valence-electron chi connectivity index (χ3n) is 4.53. The van der Waals surface area contributed by atoms with Crippen LogP contribution in [0.5, 0.6) is 0 Å². The maximum absolute atomic E-state index is 11.7. The Balaban J connectivity index is 1.76. The summed E-state index contributed by atoms with van der Waals surface area (Å²) in [5.74, 6) is 2.33. The highest BCUT2D eigenvalue weighted by molar-refractivity contribution is 6.33. The number of aromatic amines is 1. The Morgan fingerprint density at radius 3 is 2.73 bits per heavy atom. The molecule has 140 valence electrons. The van der Waals surface area contributed by atoms with Gasteiger partial charge in [0.2, 0.25) is 0 Å². The summed E-state index contributed by atoms with van der Waals surface area (Å²) >= 11 is 6.13. The third kappa shape index (κ3) is 3.98. The van der Waals surface area contributed by atoms with Gasteiger partial charge in [0.15, 0.2) is 0 Å². The molecule has 7 nitrogen and oxygen atoms in total. The lowest BCUT2D eigenvalue weighted by atomic mass is 10.1. The monoisotopic (exact) mass is 376 g/mol. The molecule has 1 aliphatic rings. The van der Waals surface area contributed by atoms with Crippen LogP contribution in [-0.2, 0) is 0 Å². The van der Waals surface area contributed by atoms with Crippen molar-refractivity contribution >= 4 is 23.1 Å². The molecule has 0 radical (unpaired) electrons. The van der Waals surface area contributed by atoms with Gasteiger partial charge >= 0.3 is 0 Å². The number of hydrogen-bond acceptors (Lipinski definition) is 6. The van der Waals surface area contributed by atoms with Crippen LogP contribution in [0.3, 0.4) is 0 Å². The van der Waals surface area contributed by atoms with Crippen LogP contribution in [0, 0.1) is 0 Å². The summed E-state index contributed by atoms with van der Waals surface area (Å²) in [6, 6.07) is 2.25. The maximum atomic E-state index is 11.7. The zero-order chi connectivity index (χ0) is 18.8. The van der Waals surface area contributed by atoms with Crippen molar-refractivity contribution in [1.82, 2.24) is 20.2 Å². The Bertz CT molecular complexity index is 808. The molecule has 1 aliphatic heterocycles. The minimum absolute atomic E-state index is 0.187. The van der Waals surface area contributed by atoms with Gasteiger partial charge < -0.3 is 10.2 Å². The van der Waals surface area contributed by atoms with Gasteiger partial charge in [-0.2, -0.15) is 5.10 Å². The lowest BCUT2D eigenvalue weighted by molar-refractivity contribution is 0.722. The van der Waals surface area contributed by atoms with E-state index < -0.39 is 0 Å². The van der Waals surface area contributed by atoms with Gasteiger partial charge in [0.05, 0.1) is 11.9 Å². The molecule has 0 amide bonds. The van der Waals surface area contributed by atoms with Crippen molar-refractivity contribution in [2.75, 3.05) is 23.3 Å². The molecule has 0 bridgehead atoms. The van der Waals surface area contributed by atoms with E-state index in [4.69, 9.17) is 11.6 Å². The van der Waals surface area contributed by atoms with E-state index in [0.29, 0.717) is 11.6 Å². The second-order valence-corrected chi connectivity index (χ2v) is 7.70. The van der Waals surface area contributed by atoms with Gasteiger partial charge in [-0.3, -0.25) is 4.79 Å². The van der Waals surface area contributed by atoms with Gasteiger partial charge in [0.1, 0.15) is 16.7 Å². The summed E-state index contributed by atoms with van der Waals surface area (Å²) in [5, 5.41) is 9.92. The molecule has 1 saturated heterocycles. The fourth-order valence-corrected chi connectivity index (χ4v) is 3.22. The van der Waals surface area contributed by atoms with Crippen LogP contribution in [0.2, 0.25) is 5.02 Å². The first-order valence-corrected chi connectivity index (χ1v) is 9.36. The van der Waals surface area contributed by atoms with E-state index in [-0.39, 0.29) is 22.5 Å². The first kappa shape index (κ1) is 18.6. The van der Waals surface area contributed by atoms with Crippen LogP contribution in [0.25, 0.3) is 0 Å². The molecule has 2 aromatic rings. The normalized spacial score (nSPS) is 17.3. The van der Waals surface area contributed by atoms with Gasteiger partial charge in [-0.25, -0.2) is 15.1 Å². The topological polar surface area (TPSA) is 86.8 Å². The summed E-state index contributed by atoms with van der Waals surface area (Å²) in [6.07, 6.45) is 2.53. The number of halogens is 1. The van der Waals surface area contributed by atoms with Crippen molar-refractivity contribution < 1.29 is 0 Å². The molecule has 1 atom stereocenters. The zero-order valence-electron chi connectivity index (χ0n) is 15.6. The van der Waals surface area contributed by atoms with E-state index in [1.165, 1.54) is 0 Å². The van der Waals surface area contributed by atoms with E-state index >= 15 is 0 Å². The minimum atomic E-state index is -0.362. The number of hydrogen-bond donors (Lipinski definition) is 2. The van der Waals surface area contributed by atoms with Crippen LogP contribution in [-0.4, -0.2) is 39.3 Å². The predicted octanol–water partition coefficient (Wildman–Crippen LogP) is 3.15. The van der Waals surface area contributed by atoms with Crippen molar-refractivity contribution in [3.63, 3.8) is 0 Å². The molecule has 1 fully saturated rings. The average molecular weight is 377 g/mol. The highest BCUT2D eigenvalue weighted by atomic mass is 35.5. The van der Waals surface area contributed by atoms with Crippen LogP contribution in [0.15, 0.2) is 17.1 Å². The summed E-state index contributed by atoms with van der Waals surface area (Å²) in [4.78, 5) is 23.1. The van der Waals surface area contributed by atoms with Gasteiger partial charge in [0.25, 0.3) is 5.56 Å². The lowest BCUT2D eigenvalue weighted by Crippen LogP contribution is -2.28. The molecule has 0 aliphatic carbocycles. The first-order valence-electron chi connectivity index (χ1n) is 8.98. The predicted molar refractivity (Wildman–Crippen MR) is 104 cm³/mol. The molecule has 0 saturated carbocycles. The standard InChI is InChI=1S/C18H25ClN6O/c1-10(2)13-7-15(23-17(22-13)11(3)4)21-12-5-6-25(9-12)14-8-20-24-18(26)16(14)19/h7-8,10-12H,5-6,9H2,1-4H3,(H,24,26)(H,21,22,23). The second kappa shape index (κ2) is 7.61. The average Bonchev–Trinajstić information content (AvgIpc) is 3.05. The SMILES string of the molecule is CC(C)c1cc(NC2CCN(c3cn[nH]c(=O)c3Cl)C2)nc(C(C)C)n1. The van der Waals surface area contributed by atoms with E-state index in [1.807, 2.05) is 6.07 Å². The number of aromatic nitrogens is 4. The smallest absolute Gasteiger partial charge is 0.285 e. The highest BCUT2D eigenvalue weighted by Gasteiger charge is 2.25. The summed E-state index contributed by atoms with van der Waals surface area (Å²) in [5.41, 5.74) is 1.36. The largest absolute Gasteiger partial charge is 0.367 e. The fraction of sp³-hybridized carbons (Fsp3) is 0.556. The molecule has 26 heavy (non-hydrogen) atoms. The molecule has 8 heteroatoms. The Hall–Kier alpha value is -2.15. The Morgan fingerprint density at radius 2 is 2.04 bits per heavy atom. The molecule has 0 spiro atoms. The van der Waals surface area contributed by atoms with Gasteiger partial charge in [-0.05, 0) is 12.3 Å². The van der Waals surface area contributed by atoms with Gasteiger partial charge in [-0.1, -0.05) is 39.3 Å². The molecule has 2 N–H and O–H groups in total. The number of nitrogens with zero attached hydrogens (tertiary/aromatic N) is 4. The Morgan fingerprint density at radius 1 is 1.27 bits per heavy atom. The maximum Gasteiger partial charge on any atom is 0.285 e. The van der Waals surface area contributed by atoms with Crippen molar-refractivity contribution in [2.45, 2.75) is 52.0 Å². The van der Waals surface area contributed by atoms with Crippen molar-refractivity contribution in [3.05, 3.63) is 39.2 Å². The molecule has 3 heterocycles. The quantitative estimate of drug-likeness (QED) is 0.833. The summed E-state index contributed by atoms with van der Waals surface area (Å²) in [7, 11) is 0. The van der Waals surface area contributed by atoms with Crippen LogP contribution >= 0.6 is 11.6 Å². The van der Waals surface area contributed by atoms with Crippen molar-refractivity contribution in [1.29, 1.82) is 0 Å². The van der Waals surface area contributed by atoms with Gasteiger partial charge in [0, 0.05) is 36.8 Å². The molecule has 1 unspecified atom stereocenters. The van der Waals surface area contributed by atoms with E-state index in [2.05, 4.69) is 58.1 Å². The number of H-pyrrole nitrogens is 1. The van der Waals surface area contributed by atoms with Crippen molar-refractivity contribution in [2.24, 2.45) is 0 Å².